The summed E-state index contributed by atoms with van der Waals surface area (Å²) in [7, 11) is 0. The summed E-state index contributed by atoms with van der Waals surface area (Å²) in [5.41, 5.74) is 5.88. The predicted octanol–water partition coefficient (Wildman–Crippen LogP) is 4.37. The van der Waals surface area contributed by atoms with E-state index >= 15 is 0 Å². The molecule has 0 spiro atoms. The van der Waals surface area contributed by atoms with Gasteiger partial charge in [-0.2, -0.15) is 5.10 Å². The van der Waals surface area contributed by atoms with Crippen LogP contribution in [0.2, 0.25) is 0 Å². The summed E-state index contributed by atoms with van der Waals surface area (Å²) >= 11 is 0. The maximum atomic E-state index is 13.0. The molecule has 0 aliphatic carbocycles. The van der Waals surface area contributed by atoms with Crippen LogP contribution in [0.25, 0.3) is 10.9 Å². The molecule has 3 aromatic carbocycles. The van der Waals surface area contributed by atoms with Crippen molar-refractivity contribution in [1.82, 2.24) is 15.7 Å². The molecule has 0 aliphatic heterocycles. The van der Waals surface area contributed by atoms with Gasteiger partial charge in [-0.3, -0.25) is 14.9 Å². The number of fused-ring (bicyclic) bond motifs is 1. The topological polar surface area (TPSA) is 139 Å². The average molecular weight is 500 g/mol. The van der Waals surface area contributed by atoms with E-state index in [0.717, 1.165) is 22.0 Å². The van der Waals surface area contributed by atoms with Crippen molar-refractivity contribution in [2.75, 3.05) is 0 Å². The second-order valence-electron chi connectivity index (χ2n) is 8.36. The minimum Gasteiger partial charge on any atom is -0.445 e. The van der Waals surface area contributed by atoms with Crippen molar-refractivity contribution in [1.29, 1.82) is 0 Å². The molecule has 1 aromatic heterocycles. The van der Waals surface area contributed by atoms with Crippen molar-refractivity contribution in [2.45, 2.75) is 26.0 Å². The number of hydrogen-bond donors (Lipinski definition) is 3. The number of carbonyl (C=O) groups excluding carboxylic acids is 2. The lowest BCUT2D eigenvalue weighted by molar-refractivity contribution is -0.385. The molecule has 0 unspecified atom stereocenters. The number of H-pyrrole nitrogens is 1. The van der Waals surface area contributed by atoms with Crippen LogP contribution >= 0.6 is 0 Å². The number of hydrazone groups is 1. The Morgan fingerprint density at radius 3 is 2.65 bits per heavy atom. The molecule has 4 rings (SSSR count). The molecule has 0 radical (unpaired) electrons. The number of alkyl carbamates (subject to hydrolysis) is 1. The number of aromatic amines is 1. The number of carbonyl (C=O) groups is 2. The number of aryl methyl sites for hydroxylation is 1. The molecule has 4 aromatic rings. The highest BCUT2D eigenvalue weighted by Crippen LogP contribution is 2.20. The summed E-state index contributed by atoms with van der Waals surface area (Å²) in [4.78, 5) is 39.4. The molecule has 2 amide bonds. The quantitative estimate of drug-likeness (QED) is 0.178. The minimum absolute atomic E-state index is 0.0460. The maximum Gasteiger partial charge on any atom is 0.408 e. The standard InChI is InChI=1S/C27H25N5O5/c1-18-11-12-20(13-25(18)32(35)36)15-29-31-26(33)24(14-21-16-28-23-10-6-5-9-22(21)23)30-27(34)37-17-19-7-3-2-4-8-19/h2-13,15-16,24,28H,14,17H2,1H3,(H,30,34)(H,31,33)/b29-15-/t24-/m1/s1. The van der Waals surface area contributed by atoms with Gasteiger partial charge in [0, 0.05) is 40.7 Å². The summed E-state index contributed by atoms with van der Waals surface area (Å²) in [5.74, 6) is -0.570. The van der Waals surface area contributed by atoms with Crippen LogP contribution in [-0.2, 0) is 22.6 Å². The molecule has 10 heteroatoms. The van der Waals surface area contributed by atoms with Gasteiger partial charge in [0.25, 0.3) is 11.6 Å². The van der Waals surface area contributed by atoms with Crippen LogP contribution in [0.5, 0.6) is 0 Å². The van der Waals surface area contributed by atoms with Crippen molar-refractivity contribution in [3.8, 4) is 0 Å². The highest BCUT2D eigenvalue weighted by atomic mass is 16.6. The first kappa shape index (κ1) is 25.1. The number of ether oxygens (including phenoxy) is 1. The molecule has 0 saturated heterocycles. The largest absolute Gasteiger partial charge is 0.445 e. The third kappa shape index (κ3) is 6.57. The third-order valence-corrected chi connectivity index (χ3v) is 5.74. The van der Waals surface area contributed by atoms with Crippen LogP contribution in [0.15, 0.2) is 84.1 Å². The van der Waals surface area contributed by atoms with E-state index < -0.39 is 23.0 Å². The zero-order valence-electron chi connectivity index (χ0n) is 20.0. The Labute approximate surface area is 212 Å². The van der Waals surface area contributed by atoms with E-state index in [1.807, 2.05) is 54.6 Å². The molecule has 37 heavy (non-hydrogen) atoms. The van der Waals surface area contributed by atoms with Crippen LogP contribution < -0.4 is 10.7 Å². The molecule has 188 valence electrons. The molecule has 0 fully saturated rings. The second kappa shape index (κ2) is 11.6. The van der Waals surface area contributed by atoms with E-state index in [1.54, 1.807) is 25.3 Å². The van der Waals surface area contributed by atoms with Crippen LogP contribution in [0.3, 0.4) is 0 Å². The number of nitro groups is 1. The highest BCUT2D eigenvalue weighted by Gasteiger charge is 2.23. The molecular weight excluding hydrogens is 474 g/mol. The van der Waals surface area contributed by atoms with Crippen molar-refractivity contribution in [3.63, 3.8) is 0 Å². The highest BCUT2D eigenvalue weighted by molar-refractivity contribution is 5.89. The number of para-hydroxylation sites is 1. The van der Waals surface area contributed by atoms with Crippen LogP contribution in [0.1, 0.15) is 22.3 Å². The SMILES string of the molecule is Cc1ccc(/C=N\NC(=O)[C@@H](Cc2c[nH]c3ccccc23)NC(=O)OCc2ccccc2)cc1[N+](=O)[O-]. The summed E-state index contributed by atoms with van der Waals surface area (Å²) in [6.45, 7) is 1.69. The lowest BCUT2D eigenvalue weighted by atomic mass is 10.0. The number of nitrogens with zero attached hydrogens (tertiary/aromatic N) is 2. The molecule has 0 saturated carbocycles. The Morgan fingerprint density at radius 2 is 1.86 bits per heavy atom. The lowest BCUT2D eigenvalue weighted by Gasteiger charge is -2.17. The number of amides is 2. The number of nitrogens with one attached hydrogen (secondary N) is 3. The van der Waals surface area contributed by atoms with E-state index in [1.165, 1.54) is 12.3 Å². The van der Waals surface area contributed by atoms with Gasteiger partial charge in [-0.05, 0) is 24.1 Å². The zero-order valence-corrected chi connectivity index (χ0v) is 20.0. The van der Waals surface area contributed by atoms with Crippen LogP contribution in [0.4, 0.5) is 10.5 Å². The molecular formula is C27H25N5O5. The fraction of sp³-hybridized carbons (Fsp3) is 0.148. The van der Waals surface area contributed by atoms with Gasteiger partial charge in [0.1, 0.15) is 12.6 Å². The summed E-state index contributed by atoms with van der Waals surface area (Å²) in [5, 5.41) is 18.7. The van der Waals surface area contributed by atoms with Gasteiger partial charge in [0.05, 0.1) is 11.1 Å². The third-order valence-electron chi connectivity index (χ3n) is 5.74. The first-order valence-corrected chi connectivity index (χ1v) is 11.5. The first-order chi connectivity index (χ1) is 17.9. The summed E-state index contributed by atoms with van der Waals surface area (Å²) < 4.78 is 5.30. The Morgan fingerprint density at radius 1 is 1.11 bits per heavy atom. The van der Waals surface area contributed by atoms with Gasteiger partial charge < -0.3 is 15.0 Å². The molecule has 10 nitrogen and oxygen atoms in total. The monoisotopic (exact) mass is 499 g/mol. The molecule has 1 atom stereocenters. The Bertz CT molecular complexity index is 1450. The van der Waals surface area contributed by atoms with Gasteiger partial charge in [-0.25, -0.2) is 10.2 Å². The van der Waals surface area contributed by atoms with Crippen molar-refractivity contribution < 1.29 is 19.2 Å². The van der Waals surface area contributed by atoms with E-state index in [0.29, 0.717) is 11.1 Å². The number of nitro benzene ring substituents is 1. The maximum absolute atomic E-state index is 13.0. The van der Waals surface area contributed by atoms with E-state index in [9.17, 15) is 19.7 Å². The molecule has 0 aliphatic rings. The average Bonchev–Trinajstić information content (AvgIpc) is 3.31. The van der Waals surface area contributed by atoms with Crippen molar-refractivity contribution >= 4 is 34.8 Å². The molecule has 1 heterocycles. The summed E-state index contributed by atoms with van der Waals surface area (Å²) in [6, 6.07) is 20.5. The number of rotatable bonds is 9. The second-order valence-corrected chi connectivity index (χ2v) is 8.36. The van der Waals surface area contributed by atoms with Gasteiger partial charge in [-0.15, -0.1) is 0 Å². The van der Waals surface area contributed by atoms with Gasteiger partial charge in [-0.1, -0.05) is 60.7 Å². The van der Waals surface area contributed by atoms with E-state index in [-0.39, 0.29) is 18.7 Å². The normalized spacial score (nSPS) is 11.8. The fourth-order valence-corrected chi connectivity index (χ4v) is 3.79. The number of hydrogen-bond acceptors (Lipinski definition) is 6. The Balaban J connectivity index is 1.47. The molecule has 3 N–H and O–H groups in total. The predicted molar refractivity (Wildman–Crippen MR) is 139 cm³/mol. The van der Waals surface area contributed by atoms with Crippen LogP contribution in [0, 0.1) is 17.0 Å². The molecule has 0 bridgehead atoms. The van der Waals surface area contributed by atoms with E-state index in [4.69, 9.17) is 4.74 Å². The van der Waals surface area contributed by atoms with Gasteiger partial charge >= 0.3 is 6.09 Å². The smallest absolute Gasteiger partial charge is 0.408 e. The fourth-order valence-electron chi connectivity index (χ4n) is 3.79. The Hall–Kier alpha value is -4.99. The van der Waals surface area contributed by atoms with Crippen molar-refractivity contribution in [2.24, 2.45) is 5.10 Å². The van der Waals surface area contributed by atoms with Crippen LogP contribution in [-0.4, -0.2) is 34.2 Å². The summed E-state index contributed by atoms with van der Waals surface area (Å²) in [6.07, 6.45) is 2.53. The minimum atomic E-state index is -0.994. The Kier molecular flexibility index (Phi) is 7.89. The van der Waals surface area contributed by atoms with Crippen molar-refractivity contribution in [3.05, 3.63) is 111 Å². The lowest BCUT2D eigenvalue weighted by Crippen LogP contribution is -2.47. The van der Waals surface area contributed by atoms with Gasteiger partial charge in [0.2, 0.25) is 0 Å². The zero-order chi connectivity index (χ0) is 26.2. The van der Waals surface area contributed by atoms with Gasteiger partial charge in [0.15, 0.2) is 0 Å². The van der Waals surface area contributed by atoms with E-state index in [2.05, 4.69) is 20.8 Å². The first-order valence-electron chi connectivity index (χ1n) is 11.5. The number of aromatic nitrogens is 1. The number of benzene rings is 3.